The van der Waals surface area contributed by atoms with Gasteiger partial charge in [-0.25, -0.2) is 4.79 Å². The smallest absolute Gasteiger partial charge is 0.311 e. The van der Waals surface area contributed by atoms with E-state index in [4.69, 9.17) is 12.2 Å². The van der Waals surface area contributed by atoms with E-state index in [2.05, 4.69) is 23.8 Å². The first-order valence-corrected chi connectivity index (χ1v) is 10.4. The summed E-state index contributed by atoms with van der Waals surface area (Å²) in [6.45, 7) is 4.36. The largest absolute Gasteiger partial charge is 0.324 e. The highest BCUT2D eigenvalue weighted by atomic mass is 32.1. The summed E-state index contributed by atoms with van der Waals surface area (Å²) >= 11 is 5.24. The first-order valence-electron chi connectivity index (χ1n) is 10.0. The summed E-state index contributed by atoms with van der Waals surface area (Å²) < 4.78 is 0.607. The average molecular weight is 353 g/mol. The second-order valence-electron chi connectivity index (χ2n) is 6.86. The summed E-state index contributed by atoms with van der Waals surface area (Å²) in [5.41, 5.74) is 1.97. The third kappa shape index (κ3) is 8.81. The van der Waals surface area contributed by atoms with E-state index in [0.29, 0.717) is 4.64 Å². The van der Waals surface area contributed by atoms with Crippen molar-refractivity contribution in [2.45, 2.75) is 104 Å². The van der Waals surface area contributed by atoms with E-state index in [0.717, 1.165) is 30.5 Å². The molecular formula is C20H36N2OS. The molecule has 2 N–H and O–H groups in total. The van der Waals surface area contributed by atoms with Crippen LogP contribution in [0, 0.1) is 4.64 Å². The van der Waals surface area contributed by atoms with Gasteiger partial charge < -0.3 is 4.98 Å². The van der Waals surface area contributed by atoms with E-state index in [1.807, 2.05) is 0 Å². The van der Waals surface area contributed by atoms with Crippen LogP contribution in [0.1, 0.15) is 102 Å². The molecule has 0 amide bonds. The Balaban J connectivity index is 2.07. The van der Waals surface area contributed by atoms with Crippen molar-refractivity contribution in [3.63, 3.8) is 0 Å². The van der Waals surface area contributed by atoms with Crippen LogP contribution in [0.4, 0.5) is 0 Å². The highest BCUT2D eigenvalue weighted by Gasteiger charge is 2.04. The fourth-order valence-corrected chi connectivity index (χ4v) is 3.65. The Morgan fingerprint density at radius 1 is 0.750 bits per heavy atom. The van der Waals surface area contributed by atoms with Gasteiger partial charge in [0.1, 0.15) is 4.64 Å². The van der Waals surface area contributed by atoms with Crippen molar-refractivity contribution in [2.75, 3.05) is 0 Å². The van der Waals surface area contributed by atoms with Gasteiger partial charge in [0, 0.05) is 11.3 Å². The van der Waals surface area contributed by atoms with E-state index in [-0.39, 0.29) is 5.69 Å². The number of aromatic amines is 2. The normalized spacial score (nSPS) is 11.1. The molecule has 0 aliphatic carbocycles. The van der Waals surface area contributed by atoms with Gasteiger partial charge in [0.15, 0.2) is 0 Å². The van der Waals surface area contributed by atoms with Crippen molar-refractivity contribution in [1.29, 1.82) is 0 Å². The molecule has 4 heteroatoms. The minimum absolute atomic E-state index is 0.175. The number of aromatic nitrogens is 2. The van der Waals surface area contributed by atoms with Gasteiger partial charge in [0.05, 0.1) is 0 Å². The summed E-state index contributed by atoms with van der Waals surface area (Å²) in [7, 11) is 0. The molecule has 138 valence electrons. The van der Waals surface area contributed by atoms with Gasteiger partial charge in [-0.3, -0.25) is 4.98 Å². The lowest BCUT2D eigenvalue weighted by molar-refractivity contribution is 0.543. The lowest BCUT2D eigenvalue weighted by atomic mass is 10.0. The van der Waals surface area contributed by atoms with E-state index < -0.39 is 0 Å². The summed E-state index contributed by atoms with van der Waals surface area (Å²) in [6, 6.07) is 0. The predicted octanol–water partition coefficient (Wildman–Crippen LogP) is 6.24. The zero-order valence-corrected chi connectivity index (χ0v) is 16.5. The Bertz CT molecular complexity index is 547. The number of aryl methyl sites for hydroxylation is 1. The van der Waals surface area contributed by atoms with Crippen molar-refractivity contribution in [1.82, 2.24) is 9.97 Å². The molecule has 0 aliphatic heterocycles. The zero-order chi connectivity index (χ0) is 17.6. The SMILES string of the molecule is CCCCCCCCCCCCCCc1[nH]c(=O)[nH]c(=S)c1CC. The van der Waals surface area contributed by atoms with Gasteiger partial charge in [0.25, 0.3) is 0 Å². The van der Waals surface area contributed by atoms with Crippen LogP contribution < -0.4 is 5.69 Å². The predicted molar refractivity (Wildman–Crippen MR) is 106 cm³/mol. The van der Waals surface area contributed by atoms with Gasteiger partial charge in [-0.2, -0.15) is 0 Å². The Morgan fingerprint density at radius 2 is 1.25 bits per heavy atom. The van der Waals surface area contributed by atoms with Crippen LogP contribution >= 0.6 is 12.2 Å². The summed E-state index contributed by atoms with van der Waals surface area (Å²) in [5, 5.41) is 0. The van der Waals surface area contributed by atoms with E-state index >= 15 is 0 Å². The molecule has 1 rings (SSSR count). The monoisotopic (exact) mass is 352 g/mol. The van der Waals surface area contributed by atoms with Gasteiger partial charge in [0.2, 0.25) is 0 Å². The molecule has 0 atom stereocenters. The van der Waals surface area contributed by atoms with Crippen molar-refractivity contribution < 1.29 is 0 Å². The summed E-state index contributed by atoms with van der Waals surface area (Å²) in [4.78, 5) is 17.1. The molecule has 0 unspecified atom stereocenters. The number of rotatable bonds is 14. The highest BCUT2D eigenvalue weighted by Crippen LogP contribution is 2.14. The fraction of sp³-hybridized carbons (Fsp3) is 0.800. The third-order valence-corrected chi connectivity index (χ3v) is 5.11. The maximum Gasteiger partial charge on any atom is 0.324 e. The van der Waals surface area contributed by atoms with Gasteiger partial charge in [-0.1, -0.05) is 96.7 Å². The second-order valence-corrected chi connectivity index (χ2v) is 7.27. The van der Waals surface area contributed by atoms with Crippen molar-refractivity contribution in [3.05, 3.63) is 26.4 Å². The topological polar surface area (TPSA) is 48.6 Å². The number of hydrogen-bond donors (Lipinski definition) is 2. The van der Waals surface area contributed by atoms with Gasteiger partial charge >= 0.3 is 5.69 Å². The first kappa shape index (κ1) is 21.1. The van der Waals surface area contributed by atoms with Crippen LogP contribution in [0.25, 0.3) is 0 Å². The molecule has 0 spiro atoms. The summed E-state index contributed by atoms with van der Waals surface area (Å²) in [6.07, 6.45) is 18.0. The number of hydrogen-bond acceptors (Lipinski definition) is 2. The Hall–Kier alpha value is -0.900. The molecule has 0 aliphatic rings. The number of H-pyrrole nitrogens is 2. The van der Waals surface area contributed by atoms with Gasteiger partial charge in [-0.15, -0.1) is 0 Å². The van der Waals surface area contributed by atoms with E-state index in [9.17, 15) is 4.79 Å². The lowest BCUT2D eigenvalue weighted by Gasteiger charge is -2.07. The molecule has 0 saturated carbocycles. The Kier molecular flexibility index (Phi) is 11.8. The van der Waals surface area contributed by atoms with Crippen molar-refractivity contribution in [2.24, 2.45) is 0 Å². The fourth-order valence-electron chi connectivity index (χ4n) is 3.29. The molecule has 0 bridgehead atoms. The molecule has 0 saturated heterocycles. The van der Waals surface area contributed by atoms with E-state index in [1.165, 1.54) is 70.6 Å². The Morgan fingerprint density at radius 3 is 1.75 bits per heavy atom. The van der Waals surface area contributed by atoms with Crippen LogP contribution in [0.3, 0.4) is 0 Å². The number of unbranched alkanes of at least 4 members (excludes halogenated alkanes) is 11. The second kappa shape index (κ2) is 13.4. The van der Waals surface area contributed by atoms with Crippen LogP contribution in [-0.2, 0) is 12.8 Å². The molecule has 0 fully saturated rings. The maximum absolute atomic E-state index is 11.5. The molecule has 1 heterocycles. The molecule has 0 radical (unpaired) electrons. The maximum atomic E-state index is 11.5. The molecule has 1 aromatic rings. The molecule has 1 aromatic heterocycles. The summed E-state index contributed by atoms with van der Waals surface area (Å²) in [5.74, 6) is 0. The van der Waals surface area contributed by atoms with Crippen molar-refractivity contribution in [3.8, 4) is 0 Å². The van der Waals surface area contributed by atoms with Crippen LogP contribution in [0.2, 0.25) is 0 Å². The third-order valence-electron chi connectivity index (χ3n) is 4.76. The standard InChI is InChI=1S/C20H36N2OS/c1-3-5-6-7-8-9-10-11-12-13-14-15-16-18-17(4-2)19(24)22-20(23)21-18/h3-16H2,1-2H3,(H2,21,22,23,24). The first-order chi connectivity index (χ1) is 11.7. The van der Waals surface area contributed by atoms with Crippen molar-refractivity contribution >= 4 is 12.2 Å². The van der Waals surface area contributed by atoms with Crippen LogP contribution in [0.5, 0.6) is 0 Å². The molecular weight excluding hydrogens is 316 g/mol. The molecule has 24 heavy (non-hydrogen) atoms. The zero-order valence-electron chi connectivity index (χ0n) is 15.7. The lowest BCUT2D eigenvalue weighted by Crippen LogP contribution is -2.16. The number of nitrogens with one attached hydrogen (secondary N) is 2. The van der Waals surface area contributed by atoms with Gasteiger partial charge in [-0.05, 0) is 19.3 Å². The molecule has 0 aromatic carbocycles. The minimum Gasteiger partial charge on any atom is -0.311 e. The minimum atomic E-state index is -0.175. The highest BCUT2D eigenvalue weighted by molar-refractivity contribution is 7.71. The van der Waals surface area contributed by atoms with E-state index in [1.54, 1.807) is 0 Å². The molecule has 3 nitrogen and oxygen atoms in total. The average Bonchev–Trinajstić information content (AvgIpc) is 2.55. The van der Waals surface area contributed by atoms with Crippen LogP contribution in [0.15, 0.2) is 4.79 Å². The quantitative estimate of drug-likeness (QED) is 0.307. The van der Waals surface area contributed by atoms with Crippen LogP contribution in [-0.4, -0.2) is 9.97 Å². The Labute approximate surface area is 152 Å².